The number of rotatable bonds is 5. The molecule has 0 atom stereocenters. The molecule has 0 saturated carbocycles. The third-order valence-corrected chi connectivity index (χ3v) is 4.45. The van der Waals surface area contributed by atoms with E-state index in [0.29, 0.717) is 35.5 Å². The molecule has 0 spiro atoms. The van der Waals surface area contributed by atoms with Crippen molar-refractivity contribution in [3.05, 3.63) is 11.1 Å². The maximum absolute atomic E-state index is 12.4. The summed E-state index contributed by atoms with van der Waals surface area (Å²) in [4.78, 5) is 5.28. The van der Waals surface area contributed by atoms with E-state index in [1.54, 1.807) is 0 Å². The van der Waals surface area contributed by atoms with Gasteiger partial charge in [0, 0.05) is 13.1 Å². The monoisotopic (exact) mass is 309 g/mol. The van der Waals surface area contributed by atoms with Gasteiger partial charge in [-0.05, 0) is 31.8 Å². The van der Waals surface area contributed by atoms with Gasteiger partial charge in [-0.1, -0.05) is 11.3 Å². The zero-order chi connectivity index (χ0) is 14.6. The molecule has 0 aliphatic carbocycles. The number of nitrogens with one attached hydrogen (secondary N) is 1. The number of hydrogen-bond donors (Lipinski definition) is 2. The zero-order valence-corrected chi connectivity index (χ0v) is 11.8. The van der Waals surface area contributed by atoms with Crippen LogP contribution >= 0.6 is 11.3 Å². The van der Waals surface area contributed by atoms with E-state index in [1.165, 1.54) is 0 Å². The van der Waals surface area contributed by atoms with E-state index in [-0.39, 0.29) is 6.61 Å². The highest BCUT2D eigenvalue weighted by atomic mass is 32.1. The third-order valence-electron chi connectivity index (χ3n) is 3.45. The molecule has 0 radical (unpaired) electrons. The van der Waals surface area contributed by atoms with Crippen molar-refractivity contribution in [2.24, 2.45) is 5.92 Å². The average molecular weight is 309 g/mol. The van der Waals surface area contributed by atoms with Crippen molar-refractivity contribution in [1.82, 2.24) is 9.88 Å². The lowest BCUT2D eigenvalue weighted by Gasteiger charge is -2.31. The maximum atomic E-state index is 12.4. The number of aromatic nitrogens is 1. The van der Waals surface area contributed by atoms with Crippen molar-refractivity contribution in [1.29, 1.82) is 0 Å². The van der Waals surface area contributed by atoms with Gasteiger partial charge in [-0.2, -0.15) is 13.2 Å². The first-order valence-corrected chi connectivity index (χ1v) is 7.41. The molecule has 0 bridgehead atoms. The number of likely N-dealkylation sites (tertiary alicyclic amines) is 1. The number of aliphatic hydroxyl groups excluding tert-OH is 1. The molecule has 4 nitrogen and oxygen atoms in total. The highest BCUT2D eigenvalue weighted by molar-refractivity contribution is 7.15. The van der Waals surface area contributed by atoms with Crippen LogP contribution in [0, 0.1) is 5.92 Å². The molecule has 0 aromatic carbocycles. The minimum atomic E-state index is -4.31. The molecule has 2 N–H and O–H groups in total. The van der Waals surface area contributed by atoms with Crippen molar-refractivity contribution in [2.75, 3.05) is 38.1 Å². The summed E-state index contributed by atoms with van der Waals surface area (Å²) >= 11 is 0.646. The van der Waals surface area contributed by atoms with Gasteiger partial charge >= 0.3 is 6.18 Å². The second kappa shape index (κ2) is 6.73. The lowest BCUT2D eigenvalue weighted by molar-refractivity contribution is -0.134. The van der Waals surface area contributed by atoms with E-state index in [4.69, 9.17) is 5.11 Å². The van der Waals surface area contributed by atoms with Crippen molar-refractivity contribution < 1.29 is 18.3 Å². The van der Waals surface area contributed by atoms with Gasteiger partial charge in [0.2, 0.25) is 0 Å². The fraction of sp³-hybridized carbons (Fsp3) is 0.750. The van der Waals surface area contributed by atoms with Gasteiger partial charge < -0.3 is 15.3 Å². The summed E-state index contributed by atoms with van der Waals surface area (Å²) in [6.45, 7) is 3.37. The smallest absolute Gasteiger partial charge is 0.395 e. The van der Waals surface area contributed by atoms with Gasteiger partial charge in [0.1, 0.15) is 4.88 Å². The molecule has 8 heteroatoms. The third kappa shape index (κ3) is 4.32. The normalized spacial score (nSPS) is 18.4. The van der Waals surface area contributed by atoms with Gasteiger partial charge in [0.25, 0.3) is 0 Å². The molecule has 2 rings (SSSR count). The van der Waals surface area contributed by atoms with Crippen LogP contribution in [0.3, 0.4) is 0 Å². The topological polar surface area (TPSA) is 48.4 Å². The number of thiazole rings is 1. The largest absolute Gasteiger partial charge is 0.427 e. The Hall–Kier alpha value is -0.860. The number of β-amino-alcohol motifs (C(OH)–C–C–N with tert-alkyl or cyclic N) is 1. The first kappa shape index (κ1) is 15.5. The van der Waals surface area contributed by atoms with E-state index in [2.05, 4.69) is 15.2 Å². The summed E-state index contributed by atoms with van der Waals surface area (Å²) in [5.41, 5.74) is 0. The van der Waals surface area contributed by atoms with Gasteiger partial charge in [-0.3, -0.25) is 0 Å². The Morgan fingerprint density at radius 3 is 2.65 bits per heavy atom. The predicted octanol–water partition coefficient (Wildman–Crippen LogP) is 2.28. The number of nitrogens with zero attached hydrogens (tertiary/aromatic N) is 2. The summed E-state index contributed by atoms with van der Waals surface area (Å²) in [6.07, 6.45) is -1.46. The first-order chi connectivity index (χ1) is 9.49. The Balaban J connectivity index is 1.75. The van der Waals surface area contributed by atoms with Gasteiger partial charge in [0.15, 0.2) is 5.13 Å². The quantitative estimate of drug-likeness (QED) is 0.876. The molecular formula is C12H18F3N3OS. The van der Waals surface area contributed by atoms with Crippen LogP contribution in [-0.4, -0.2) is 47.8 Å². The van der Waals surface area contributed by atoms with E-state index < -0.39 is 11.1 Å². The Morgan fingerprint density at radius 2 is 2.10 bits per heavy atom. The van der Waals surface area contributed by atoms with Crippen LogP contribution in [0.15, 0.2) is 6.20 Å². The minimum Gasteiger partial charge on any atom is -0.395 e. The lowest BCUT2D eigenvalue weighted by atomic mass is 9.97. The van der Waals surface area contributed by atoms with Crippen molar-refractivity contribution in [2.45, 2.75) is 19.0 Å². The summed E-state index contributed by atoms with van der Waals surface area (Å²) in [5, 5.41) is 12.2. The van der Waals surface area contributed by atoms with Gasteiger partial charge in [0.05, 0.1) is 12.8 Å². The SMILES string of the molecule is OCCN1CCC(CNc2ncc(C(F)(F)F)s2)CC1. The number of hydrogen-bond acceptors (Lipinski definition) is 5. The summed E-state index contributed by atoms with van der Waals surface area (Å²) in [5.74, 6) is 0.447. The molecule has 1 aliphatic heterocycles. The molecule has 20 heavy (non-hydrogen) atoms. The van der Waals surface area contributed by atoms with Crippen LogP contribution in [0.1, 0.15) is 17.7 Å². The molecule has 0 amide bonds. The van der Waals surface area contributed by atoms with E-state index >= 15 is 0 Å². The number of alkyl halides is 3. The highest BCUT2D eigenvalue weighted by Gasteiger charge is 2.33. The second-order valence-corrected chi connectivity index (χ2v) is 5.95. The molecule has 2 heterocycles. The fourth-order valence-corrected chi connectivity index (χ4v) is 2.96. The zero-order valence-electron chi connectivity index (χ0n) is 11.0. The summed E-state index contributed by atoms with van der Waals surface area (Å²) in [6, 6.07) is 0. The van der Waals surface area contributed by atoms with Gasteiger partial charge in [-0.15, -0.1) is 0 Å². The molecule has 1 saturated heterocycles. The highest BCUT2D eigenvalue weighted by Crippen LogP contribution is 2.35. The van der Waals surface area contributed by atoms with Crippen molar-refractivity contribution in [3.63, 3.8) is 0 Å². The standard InChI is InChI=1S/C12H18F3N3OS/c13-12(14,15)10-8-17-11(20-10)16-7-9-1-3-18(4-2-9)5-6-19/h8-9,19H,1-7H2,(H,16,17). The minimum absolute atomic E-state index is 0.169. The summed E-state index contributed by atoms with van der Waals surface area (Å²) < 4.78 is 37.3. The molecule has 1 aromatic heterocycles. The maximum Gasteiger partial charge on any atom is 0.427 e. The Morgan fingerprint density at radius 1 is 1.40 bits per heavy atom. The Kier molecular flexibility index (Phi) is 5.22. The number of piperidine rings is 1. The van der Waals surface area contributed by atoms with Crippen LogP contribution in [0.4, 0.5) is 18.3 Å². The van der Waals surface area contributed by atoms with Crippen LogP contribution in [0.25, 0.3) is 0 Å². The predicted molar refractivity (Wildman–Crippen MR) is 71.9 cm³/mol. The van der Waals surface area contributed by atoms with Crippen LogP contribution in [0.2, 0.25) is 0 Å². The second-order valence-electron chi connectivity index (χ2n) is 4.92. The first-order valence-electron chi connectivity index (χ1n) is 6.59. The lowest BCUT2D eigenvalue weighted by Crippen LogP contribution is -2.37. The molecule has 1 fully saturated rings. The fourth-order valence-electron chi connectivity index (χ4n) is 2.27. The molecule has 0 unspecified atom stereocenters. The van der Waals surface area contributed by atoms with E-state index in [0.717, 1.165) is 32.1 Å². The van der Waals surface area contributed by atoms with Crippen molar-refractivity contribution >= 4 is 16.5 Å². The molecule has 114 valence electrons. The number of aliphatic hydroxyl groups is 1. The summed E-state index contributed by atoms with van der Waals surface area (Å²) in [7, 11) is 0. The van der Waals surface area contributed by atoms with E-state index in [9.17, 15) is 13.2 Å². The van der Waals surface area contributed by atoms with Gasteiger partial charge in [-0.25, -0.2) is 4.98 Å². The molecule has 1 aromatic rings. The van der Waals surface area contributed by atoms with E-state index in [1.807, 2.05) is 0 Å². The number of halogens is 3. The molecular weight excluding hydrogens is 291 g/mol. The van der Waals surface area contributed by atoms with Crippen LogP contribution in [0.5, 0.6) is 0 Å². The van der Waals surface area contributed by atoms with Crippen LogP contribution in [-0.2, 0) is 6.18 Å². The Bertz CT molecular complexity index is 416. The Labute approximate surface area is 119 Å². The van der Waals surface area contributed by atoms with Crippen LogP contribution < -0.4 is 5.32 Å². The molecule has 1 aliphatic rings. The number of anilines is 1. The average Bonchev–Trinajstić information content (AvgIpc) is 2.87. The van der Waals surface area contributed by atoms with Crippen molar-refractivity contribution in [3.8, 4) is 0 Å².